The number of furan rings is 1. The quantitative estimate of drug-likeness (QED) is 0.757. The Morgan fingerprint density at radius 2 is 2.12 bits per heavy atom. The fraction of sp³-hybridized carbons (Fsp3) is 0.750. The van der Waals surface area contributed by atoms with E-state index < -0.39 is 6.10 Å². The maximum Gasteiger partial charge on any atom is 0.221 e. The van der Waals surface area contributed by atoms with Crippen LogP contribution in [-0.4, -0.2) is 41.6 Å². The Hall–Kier alpha value is -1.33. The fourth-order valence-corrected chi connectivity index (χ4v) is 4.29. The van der Waals surface area contributed by atoms with Crippen molar-refractivity contribution in [1.82, 2.24) is 10.2 Å². The molecule has 1 saturated carbocycles. The number of amides is 1. The van der Waals surface area contributed by atoms with Gasteiger partial charge in [0.2, 0.25) is 5.91 Å². The van der Waals surface area contributed by atoms with Gasteiger partial charge in [0.1, 0.15) is 11.9 Å². The third-order valence-electron chi connectivity index (χ3n) is 5.80. The van der Waals surface area contributed by atoms with Gasteiger partial charge in [-0.2, -0.15) is 0 Å². The Kier molecular flexibility index (Phi) is 6.93. The van der Waals surface area contributed by atoms with Crippen LogP contribution < -0.4 is 5.32 Å². The van der Waals surface area contributed by atoms with Gasteiger partial charge in [-0.05, 0) is 56.7 Å². The zero-order valence-corrected chi connectivity index (χ0v) is 15.2. The maximum atomic E-state index is 12.2. The second-order valence-corrected chi connectivity index (χ2v) is 7.66. The molecule has 2 aliphatic rings. The molecule has 0 spiro atoms. The molecule has 140 valence electrons. The molecule has 2 unspecified atom stereocenters. The third kappa shape index (κ3) is 5.58. The van der Waals surface area contributed by atoms with Crippen molar-refractivity contribution in [2.24, 2.45) is 5.92 Å². The lowest BCUT2D eigenvalue weighted by Gasteiger charge is -2.26. The molecule has 0 bridgehead atoms. The van der Waals surface area contributed by atoms with E-state index in [1.807, 2.05) is 12.1 Å². The van der Waals surface area contributed by atoms with Crippen LogP contribution in [0.25, 0.3) is 0 Å². The number of likely N-dealkylation sites (tertiary alicyclic amines) is 1. The van der Waals surface area contributed by atoms with Gasteiger partial charge in [-0.25, -0.2) is 0 Å². The minimum Gasteiger partial charge on any atom is -0.467 e. The van der Waals surface area contributed by atoms with Crippen LogP contribution in [0.4, 0.5) is 0 Å². The molecule has 3 rings (SSSR count). The highest BCUT2D eigenvalue weighted by molar-refractivity contribution is 5.76. The maximum absolute atomic E-state index is 12.2. The van der Waals surface area contributed by atoms with Gasteiger partial charge in [-0.15, -0.1) is 0 Å². The Morgan fingerprint density at radius 1 is 1.28 bits per heavy atom. The largest absolute Gasteiger partial charge is 0.467 e. The van der Waals surface area contributed by atoms with E-state index in [9.17, 15) is 9.90 Å². The summed E-state index contributed by atoms with van der Waals surface area (Å²) in [7, 11) is 0. The van der Waals surface area contributed by atoms with Crippen molar-refractivity contribution in [3.8, 4) is 0 Å². The van der Waals surface area contributed by atoms with Gasteiger partial charge < -0.3 is 14.8 Å². The van der Waals surface area contributed by atoms with E-state index in [0.717, 1.165) is 32.5 Å². The van der Waals surface area contributed by atoms with Crippen LogP contribution in [0.2, 0.25) is 0 Å². The topological polar surface area (TPSA) is 65.7 Å². The molecule has 0 aromatic carbocycles. The molecule has 1 aromatic rings. The highest BCUT2D eigenvalue weighted by Crippen LogP contribution is 2.27. The van der Waals surface area contributed by atoms with Crippen LogP contribution in [-0.2, 0) is 4.79 Å². The minimum absolute atomic E-state index is 0.169. The highest BCUT2D eigenvalue weighted by atomic mass is 16.4. The van der Waals surface area contributed by atoms with Crippen molar-refractivity contribution in [3.63, 3.8) is 0 Å². The zero-order valence-electron chi connectivity index (χ0n) is 15.2. The number of nitrogens with zero attached hydrogens (tertiary/aromatic N) is 1. The molecule has 2 N–H and O–H groups in total. The second kappa shape index (κ2) is 9.39. The molecule has 25 heavy (non-hydrogen) atoms. The van der Waals surface area contributed by atoms with Crippen molar-refractivity contribution in [1.29, 1.82) is 0 Å². The van der Waals surface area contributed by atoms with Crippen LogP contribution in [0, 0.1) is 5.92 Å². The SMILES string of the molecule is O=C(CCN1CCCC1CC(O)c1ccco1)NCC1CCCCC1. The van der Waals surface area contributed by atoms with Crippen LogP contribution in [0.5, 0.6) is 0 Å². The monoisotopic (exact) mass is 348 g/mol. The number of aliphatic hydroxyl groups excluding tert-OH is 1. The number of carbonyl (C=O) groups excluding carboxylic acids is 1. The average molecular weight is 348 g/mol. The fourth-order valence-electron chi connectivity index (χ4n) is 4.29. The molecule has 1 aliphatic heterocycles. The minimum atomic E-state index is -0.555. The van der Waals surface area contributed by atoms with Gasteiger partial charge >= 0.3 is 0 Å². The van der Waals surface area contributed by atoms with E-state index in [2.05, 4.69) is 10.2 Å². The van der Waals surface area contributed by atoms with Crippen molar-refractivity contribution >= 4 is 5.91 Å². The first-order chi connectivity index (χ1) is 12.2. The van der Waals surface area contributed by atoms with Gasteiger partial charge in [0, 0.05) is 25.6 Å². The van der Waals surface area contributed by atoms with Gasteiger partial charge in [-0.3, -0.25) is 9.69 Å². The van der Waals surface area contributed by atoms with E-state index in [4.69, 9.17) is 4.42 Å². The number of hydrogen-bond acceptors (Lipinski definition) is 4. The van der Waals surface area contributed by atoms with Gasteiger partial charge in [0.25, 0.3) is 0 Å². The standard InChI is InChI=1S/C20H32N2O3/c23-18(19-9-5-13-25-19)14-17-8-4-11-22(17)12-10-20(24)21-15-16-6-2-1-3-7-16/h5,9,13,16-18,23H,1-4,6-8,10-12,14-15H2,(H,21,24). The van der Waals surface area contributed by atoms with E-state index >= 15 is 0 Å². The summed E-state index contributed by atoms with van der Waals surface area (Å²) in [6, 6.07) is 3.97. The molecule has 2 atom stereocenters. The number of carbonyl (C=O) groups is 1. The third-order valence-corrected chi connectivity index (χ3v) is 5.80. The number of aliphatic hydroxyl groups is 1. The van der Waals surface area contributed by atoms with Gasteiger partial charge in [0.15, 0.2) is 0 Å². The van der Waals surface area contributed by atoms with E-state index in [-0.39, 0.29) is 5.91 Å². The van der Waals surface area contributed by atoms with Crippen molar-refractivity contribution in [2.45, 2.75) is 69.9 Å². The van der Waals surface area contributed by atoms with Crippen molar-refractivity contribution in [3.05, 3.63) is 24.2 Å². The number of hydrogen-bond donors (Lipinski definition) is 2. The molecule has 1 aromatic heterocycles. The highest BCUT2D eigenvalue weighted by Gasteiger charge is 2.28. The summed E-state index contributed by atoms with van der Waals surface area (Å²) in [5.41, 5.74) is 0. The Balaban J connectivity index is 1.37. The normalized spacial score (nSPS) is 23.6. The Labute approximate surface area is 150 Å². The predicted octanol–water partition coefficient (Wildman–Crippen LogP) is 3.25. The van der Waals surface area contributed by atoms with Crippen LogP contribution in [0.1, 0.15) is 69.7 Å². The molecule has 5 nitrogen and oxygen atoms in total. The first kappa shape index (κ1) is 18.5. The molecular formula is C20H32N2O3. The summed E-state index contributed by atoms with van der Waals surface area (Å²) in [5.74, 6) is 1.49. The molecule has 1 saturated heterocycles. The molecule has 1 amide bonds. The second-order valence-electron chi connectivity index (χ2n) is 7.66. The molecule has 1 aliphatic carbocycles. The van der Waals surface area contributed by atoms with Crippen molar-refractivity contribution in [2.75, 3.05) is 19.6 Å². The summed E-state index contributed by atoms with van der Waals surface area (Å²) in [6.45, 7) is 2.65. The Morgan fingerprint density at radius 3 is 2.88 bits per heavy atom. The van der Waals surface area contributed by atoms with E-state index in [1.165, 1.54) is 32.1 Å². The number of rotatable bonds is 8. The van der Waals surface area contributed by atoms with Gasteiger partial charge in [0.05, 0.1) is 6.26 Å². The van der Waals surface area contributed by atoms with Crippen molar-refractivity contribution < 1.29 is 14.3 Å². The summed E-state index contributed by atoms with van der Waals surface area (Å²) >= 11 is 0. The van der Waals surface area contributed by atoms with E-state index in [1.54, 1.807) is 6.26 Å². The number of nitrogens with one attached hydrogen (secondary N) is 1. The summed E-state index contributed by atoms with van der Waals surface area (Å²) in [6.07, 6.45) is 11.0. The molecule has 2 heterocycles. The lowest BCUT2D eigenvalue weighted by molar-refractivity contribution is -0.121. The smallest absolute Gasteiger partial charge is 0.221 e. The first-order valence-corrected chi connectivity index (χ1v) is 9.94. The molecule has 2 fully saturated rings. The predicted molar refractivity (Wildman–Crippen MR) is 97.1 cm³/mol. The summed E-state index contributed by atoms with van der Waals surface area (Å²) in [5, 5.41) is 13.4. The van der Waals surface area contributed by atoms with Crippen LogP contribution in [0.3, 0.4) is 0 Å². The first-order valence-electron chi connectivity index (χ1n) is 9.94. The van der Waals surface area contributed by atoms with E-state index in [0.29, 0.717) is 30.6 Å². The molecule has 0 radical (unpaired) electrons. The molecular weight excluding hydrogens is 316 g/mol. The zero-order chi connectivity index (χ0) is 17.5. The van der Waals surface area contributed by atoms with Crippen LogP contribution >= 0.6 is 0 Å². The van der Waals surface area contributed by atoms with Crippen LogP contribution in [0.15, 0.2) is 22.8 Å². The van der Waals surface area contributed by atoms with Gasteiger partial charge in [-0.1, -0.05) is 19.3 Å². The lowest BCUT2D eigenvalue weighted by atomic mass is 9.89. The Bertz CT molecular complexity index is 511. The summed E-state index contributed by atoms with van der Waals surface area (Å²) in [4.78, 5) is 14.5. The lowest BCUT2D eigenvalue weighted by Crippen LogP contribution is -2.36. The summed E-state index contributed by atoms with van der Waals surface area (Å²) < 4.78 is 5.30. The molecule has 5 heteroatoms. The average Bonchev–Trinajstić information content (AvgIpc) is 3.31.